The highest BCUT2D eigenvalue weighted by molar-refractivity contribution is 14.0. The van der Waals surface area contributed by atoms with Crippen molar-refractivity contribution in [2.75, 3.05) is 19.6 Å². The molecule has 0 saturated heterocycles. The number of hydrogen-bond acceptors (Lipinski definition) is 2. The molecule has 0 atom stereocenters. The molecule has 5 nitrogen and oxygen atoms in total. The number of carbonyl (C=O) groups excluding carboxylic acids is 1. The molecule has 0 aliphatic rings. The van der Waals surface area contributed by atoms with Crippen molar-refractivity contribution in [1.29, 1.82) is 0 Å². The van der Waals surface area contributed by atoms with E-state index in [2.05, 4.69) is 20.9 Å². The Kier molecular flexibility index (Phi) is 10.7. The van der Waals surface area contributed by atoms with Gasteiger partial charge in [0.25, 0.3) is 0 Å². The highest BCUT2D eigenvalue weighted by atomic mass is 127. The Morgan fingerprint density at radius 2 is 1.92 bits per heavy atom. The first-order valence-electron chi connectivity index (χ1n) is 8.29. The summed E-state index contributed by atoms with van der Waals surface area (Å²) in [5, 5.41) is 9.18. The average Bonchev–Trinajstić information content (AvgIpc) is 2.45. The zero-order chi connectivity index (χ0) is 18.2. The van der Waals surface area contributed by atoms with E-state index in [1.165, 1.54) is 12.1 Å². The third kappa shape index (κ3) is 10.3. The Balaban J connectivity index is 0.00000576. The molecule has 0 saturated carbocycles. The van der Waals surface area contributed by atoms with E-state index < -0.39 is 0 Å². The number of hydrogen-bond donors (Lipinski definition) is 3. The lowest BCUT2D eigenvalue weighted by Crippen LogP contribution is -2.43. The van der Waals surface area contributed by atoms with Gasteiger partial charge in [0.2, 0.25) is 5.91 Å². The summed E-state index contributed by atoms with van der Waals surface area (Å²) in [7, 11) is 0. The molecule has 25 heavy (non-hydrogen) atoms. The zero-order valence-corrected chi connectivity index (χ0v) is 18.0. The zero-order valence-electron chi connectivity index (χ0n) is 15.7. The van der Waals surface area contributed by atoms with E-state index in [4.69, 9.17) is 0 Å². The lowest BCUT2D eigenvalue weighted by atomic mass is 10.1. The van der Waals surface area contributed by atoms with Crippen molar-refractivity contribution in [3.05, 3.63) is 35.1 Å². The van der Waals surface area contributed by atoms with E-state index in [0.29, 0.717) is 19.0 Å². The number of rotatable bonds is 6. The van der Waals surface area contributed by atoms with Gasteiger partial charge in [0.15, 0.2) is 5.96 Å². The van der Waals surface area contributed by atoms with Gasteiger partial charge in [-0.3, -0.25) is 4.79 Å². The molecule has 0 unspecified atom stereocenters. The summed E-state index contributed by atoms with van der Waals surface area (Å²) >= 11 is 0. The first-order valence-corrected chi connectivity index (χ1v) is 8.29. The fraction of sp³-hybridized carbons (Fsp3) is 0.556. The third-order valence-electron chi connectivity index (χ3n) is 3.23. The summed E-state index contributed by atoms with van der Waals surface area (Å²) in [4.78, 5) is 16.1. The summed E-state index contributed by atoms with van der Waals surface area (Å²) in [6.45, 7) is 11.1. The molecular formula is C18H30FIN4O. The monoisotopic (exact) mass is 464 g/mol. The van der Waals surface area contributed by atoms with Gasteiger partial charge in [-0.1, -0.05) is 6.07 Å². The van der Waals surface area contributed by atoms with Crippen LogP contribution in [0.5, 0.6) is 0 Å². The molecule has 3 N–H and O–H groups in total. The Labute approximate surface area is 167 Å². The molecule has 0 spiro atoms. The highest BCUT2D eigenvalue weighted by Crippen LogP contribution is 2.10. The van der Waals surface area contributed by atoms with Crippen molar-refractivity contribution < 1.29 is 9.18 Å². The number of halogens is 2. The van der Waals surface area contributed by atoms with Crippen LogP contribution in [0.3, 0.4) is 0 Å². The van der Waals surface area contributed by atoms with Crippen LogP contribution in [0.25, 0.3) is 0 Å². The number of aliphatic imine (C=N–C) groups is 1. The third-order valence-corrected chi connectivity index (χ3v) is 3.23. The molecule has 0 heterocycles. The van der Waals surface area contributed by atoms with Gasteiger partial charge < -0.3 is 16.0 Å². The molecule has 0 aromatic heterocycles. The van der Waals surface area contributed by atoms with Crippen molar-refractivity contribution in [2.45, 2.75) is 46.6 Å². The van der Waals surface area contributed by atoms with E-state index in [1.54, 1.807) is 6.07 Å². The summed E-state index contributed by atoms with van der Waals surface area (Å²) in [5.74, 6) is 0.263. The number of guanidine groups is 1. The van der Waals surface area contributed by atoms with Crippen molar-refractivity contribution in [1.82, 2.24) is 16.0 Å². The van der Waals surface area contributed by atoms with E-state index in [-0.39, 0.29) is 47.8 Å². The second-order valence-electron chi connectivity index (χ2n) is 6.74. The van der Waals surface area contributed by atoms with Crippen LogP contribution < -0.4 is 16.0 Å². The molecule has 142 valence electrons. The van der Waals surface area contributed by atoms with Crippen LogP contribution in [0.2, 0.25) is 0 Å². The second kappa shape index (κ2) is 11.3. The first kappa shape index (κ1) is 23.6. The molecule has 7 heteroatoms. The van der Waals surface area contributed by atoms with Gasteiger partial charge in [-0.15, -0.1) is 24.0 Å². The van der Waals surface area contributed by atoms with Crippen LogP contribution in [-0.2, 0) is 11.2 Å². The smallest absolute Gasteiger partial charge is 0.242 e. The minimum Gasteiger partial charge on any atom is -0.357 e. The Morgan fingerprint density at radius 1 is 1.24 bits per heavy atom. The minimum absolute atomic E-state index is 0. The fourth-order valence-electron chi connectivity index (χ4n) is 2.21. The number of amides is 1. The highest BCUT2D eigenvalue weighted by Gasteiger charge is 2.13. The Bertz CT molecular complexity index is 585. The maximum absolute atomic E-state index is 13.1. The number of benzene rings is 1. The summed E-state index contributed by atoms with van der Waals surface area (Å²) < 4.78 is 13.1. The molecular weight excluding hydrogens is 434 g/mol. The first-order chi connectivity index (χ1) is 11.2. The van der Waals surface area contributed by atoms with Gasteiger partial charge in [-0.05, 0) is 64.3 Å². The molecule has 1 rings (SSSR count). The predicted octanol–water partition coefficient (Wildman–Crippen LogP) is 2.76. The van der Waals surface area contributed by atoms with Crippen LogP contribution in [0.15, 0.2) is 23.2 Å². The van der Waals surface area contributed by atoms with Gasteiger partial charge >= 0.3 is 0 Å². The maximum atomic E-state index is 13.1. The van der Waals surface area contributed by atoms with E-state index in [9.17, 15) is 9.18 Å². The molecule has 0 radical (unpaired) electrons. The molecule has 0 aliphatic heterocycles. The van der Waals surface area contributed by atoms with Gasteiger partial charge in [-0.25, -0.2) is 9.38 Å². The summed E-state index contributed by atoms with van der Waals surface area (Å²) in [6, 6.07) is 4.80. The average molecular weight is 464 g/mol. The standard InChI is InChI=1S/C18H29FN4O.HI/c1-6-20-17(22-12-16(24)23-18(3,4)5)21-10-9-14-7-8-15(19)11-13(14)2;/h7-8,11H,6,9-10,12H2,1-5H3,(H,23,24)(H2,20,21,22);1H. The molecule has 1 aromatic carbocycles. The van der Waals surface area contributed by atoms with Crippen LogP contribution >= 0.6 is 24.0 Å². The van der Waals surface area contributed by atoms with Crippen LogP contribution in [-0.4, -0.2) is 37.0 Å². The lowest BCUT2D eigenvalue weighted by molar-refractivity contribution is -0.121. The van der Waals surface area contributed by atoms with E-state index >= 15 is 0 Å². The van der Waals surface area contributed by atoms with E-state index in [0.717, 1.165) is 17.5 Å². The lowest BCUT2D eigenvalue weighted by Gasteiger charge is -2.20. The van der Waals surface area contributed by atoms with Gasteiger partial charge in [0.1, 0.15) is 12.4 Å². The number of aryl methyl sites for hydroxylation is 1. The SMILES string of the molecule is CCNC(=NCC(=O)NC(C)(C)C)NCCc1ccc(F)cc1C.I. The van der Waals surface area contributed by atoms with Crippen molar-refractivity contribution in [2.24, 2.45) is 4.99 Å². The molecule has 0 fully saturated rings. The number of nitrogens with zero attached hydrogens (tertiary/aromatic N) is 1. The van der Waals surface area contributed by atoms with Crippen molar-refractivity contribution >= 4 is 35.8 Å². The van der Waals surface area contributed by atoms with Gasteiger partial charge in [0, 0.05) is 18.6 Å². The van der Waals surface area contributed by atoms with Crippen molar-refractivity contribution in [3.8, 4) is 0 Å². The normalized spacial score (nSPS) is 11.5. The second-order valence-corrected chi connectivity index (χ2v) is 6.74. The van der Waals surface area contributed by atoms with Crippen LogP contribution in [0.4, 0.5) is 4.39 Å². The quantitative estimate of drug-likeness (QED) is 0.345. The minimum atomic E-state index is -0.265. The van der Waals surface area contributed by atoms with Crippen LogP contribution in [0, 0.1) is 12.7 Å². The summed E-state index contributed by atoms with van der Waals surface area (Å²) in [6.07, 6.45) is 0.755. The van der Waals surface area contributed by atoms with Crippen LogP contribution in [0.1, 0.15) is 38.8 Å². The van der Waals surface area contributed by atoms with Crippen molar-refractivity contribution in [3.63, 3.8) is 0 Å². The Hall–Kier alpha value is -1.38. The van der Waals surface area contributed by atoms with E-state index in [1.807, 2.05) is 34.6 Å². The predicted molar refractivity (Wildman–Crippen MR) is 112 cm³/mol. The number of nitrogens with one attached hydrogen (secondary N) is 3. The van der Waals surface area contributed by atoms with Gasteiger partial charge in [-0.2, -0.15) is 0 Å². The van der Waals surface area contributed by atoms with Gasteiger partial charge in [0.05, 0.1) is 0 Å². The molecule has 0 bridgehead atoms. The largest absolute Gasteiger partial charge is 0.357 e. The molecule has 1 aromatic rings. The molecule has 1 amide bonds. The fourth-order valence-corrected chi connectivity index (χ4v) is 2.21. The Morgan fingerprint density at radius 3 is 2.48 bits per heavy atom. The maximum Gasteiger partial charge on any atom is 0.242 e. The number of carbonyl (C=O) groups is 1. The topological polar surface area (TPSA) is 65.5 Å². The molecule has 0 aliphatic carbocycles. The summed E-state index contributed by atoms with van der Waals surface area (Å²) in [5.41, 5.74) is 1.76.